The molecule has 0 aromatic rings. The molecule has 0 aliphatic heterocycles. The van der Waals surface area contributed by atoms with Gasteiger partial charge in [-0.15, -0.1) is 6.58 Å². The van der Waals surface area contributed by atoms with Crippen molar-refractivity contribution in [3.8, 4) is 0 Å². The van der Waals surface area contributed by atoms with Gasteiger partial charge < -0.3 is 0 Å². The molecule has 1 aliphatic rings. The number of hydrogen-bond donors (Lipinski definition) is 0. The lowest BCUT2D eigenvalue weighted by Gasteiger charge is -1.81. The van der Waals surface area contributed by atoms with Gasteiger partial charge in [0.1, 0.15) is 0 Å². The molecular weight excluding hydrogens is 104 g/mol. The van der Waals surface area contributed by atoms with E-state index in [-0.39, 0.29) is 0 Å². The van der Waals surface area contributed by atoms with Crippen LogP contribution in [0.15, 0.2) is 12.7 Å². The Balaban J connectivity index is 2.17. The molecule has 1 saturated carbocycles. The Morgan fingerprint density at radius 2 is 2.57 bits per heavy atom. The van der Waals surface area contributed by atoms with Crippen molar-refractivity contribution in [2.24, 2.45) is 5.92 Å². The molecule has 1 fully saturated rings. The van der Waals surface area contributed by atoms with E-state index in [2.05, 4.69) is 18.9 Å². The maximum absolute atomic E-state index is 3.71. The Bertz CT molecular complexity index is 78.2. The molecular formula is C6H10S. The van der Waals surface area contributed by atoms with Crippen molar-refractivity contribution < 1.29 is 0 Å². The van der Waals surface area contributed by atoms with Crippen molar-refractivity contribution in [2.75, 3.05) is 6.26 Å². The average molecular weight is 114 g/mol. The zero-order chi connectivity index (χ0) is 5.28. The summed E-state index contributed by atoms with van der Waals surface area (Å²) in [6.45, 7) is 3.71. The molecule has 2 atom stereocenters. The summed E-state index contributed by atoms with van der Waals surface area (Å²) in [4.78, 5) is 0. The Hall–Kier alpha value is 0.0900. The lowest BCUT2D eigenvalue weighted by Crippen LogP contribution is -1.71. The van der Waals surface area contributed by atoms with Gasteiger partial charge in [0.05, 0.1) is 0 Å². The summed E-state index contributed by atoms with van der Waals surface area (Å²) < 4.78 is 0. The molecule has 0 N–H and O–H groups in total. The second-order valence-corrected chi connectivity index (χ2v) is 2.99. The van der Waals surface area contributed by atoms with Crippen molar-refractivity contribution in [1.82, 2.24) is 0 Å². The van der Waals surface area contributed by atoms with Crippen LogP contribution in [-0.2, 0) is 0 Å². The van der Waals surface area contributed by atoms with Gasteiger partial charge >= 0.3 is 0 Å². The van der Waals surface area contributed by atoms with Crippen molar-refractivity contribution in [2.45, 2.75) is 11.7 Å². The molecule has 0 saturated heterocycles. The number of thioether (sulfide) groups is 1. The van der Waals surface area contributed by atoms with Crippen LogP contribution in [-0.4, -0.2) is 11.5 Å². The van der Waals surface area contributed by atoms with Gasteiger partial charge in [-0.2, -0.15) is 11.8 Å². The molecule has 0 bridgehead atoms. The first kappa shape index (κ1) is 5.23. The van der Waals surface area contributed by atoms with Crippen molar-refractivity contribution in [3.63, 3.8) is 0 Å². The minimum Gasteiger partial charge on any atom is -0.161 e. The van der Waals surface area contributed by atoms with Crippen molar-refractivity contribution in [3.05, 3.63) is 12.7 Å². The minimum absolute atomic E-state index is 0.843. The third kappa shape index (κ3) is 1.00. The SMILES string of the molecule is C=C[C@H]1C[C@@H]1SC. The molecule has 7 heavy (non-hydrogen) atoms. The van der Waals surface area contributed by atoms with E-state index in [9.17, 15) is 0 Å². The highest BCUT2D eigenvalue weighted by molar-refractivity contribution is 7.99. The van der Waals surface area contributed by atoms with Crippen LogP contribution in [0, 0.1) is 5.92 Å². The standard InChI is InChI=1S/C6H10S/c1-3-5-4-6(5)7-2/h3,5-6H,1,4H2,2H3/t5-,6-/m0/s1. The molecule has 1 heteroatoms. The highest BCUT2D eigenvalue weighted by atomic mass is 32.2. The fourth-order valence-corrected chi connectivity index (χ4v) is 1.58. The molecule has 1 aliphatic carbocycles. The molecule has 0 nitrogen and oxygen atoms in total. The average Bonchev–Trinajstić information content (AvgIpc) is 2.43. The first-order valence-corrected chi connectivity index (χ1v) is 3.82. The van der Waals surface area contributed by atoms with Crippen LogP contribution in [0.25, 0.3) is 0 Å². The largest absolute Gasteiger partial charge is 0.161 e. The summed E-state index contributed by atoms with van der Waals surface area (Å²) >= 11 is 1.95. The quantitative estimate of drug-likeness (QED) is 0.494. The number of rotatable bonds is 2. The van der Waals surface area contributed by atoms with E-state index >= 15 is 0 Å². The monoisotopic (exact) mass is 114 g/mol. The second-order valence-electron chi connectivity index (χ2n) is 1.91. The zero-order valence-electron chi connectivity index (χ0n) is 4.55. The van der Waals surface area contributed by atoms with E-state index in [1.807, 2.05) is 11.8 Å². The van der Waals surface area contributed by atoms with Gasteiger partial charge in [-0.25, -0.2) is 0 Å². The maximum Gasteiger partial charge on any atom is 0.0113 e. The molecule has 0 unspecified atom stereocenters. The third-order valence-corrected chi connectivity index (χ3v) is 2.53. The maximum atomic E-state index is 3.71. The van der Waals surface area contributed by atoms with Crippen LogP contribution >= 0.6 is 11.8 Å². The summed E-state index contributed by atoms with van der Waals surface area (Å²) in [5.74, 6) is 0.843. The van der Waals surface area contributed by atoms with Crippen LogP contribution in [0.4, 0.5) is 0 Å². The van der Waals surface area contributed by atoms with E-state index in [4.69, 9.17) is 0 Å². The lowest BCUT2D eigenvalue weighted by atomic mass is 10.4. The number of allylic oxidation sites excluding steroid dienone is 1. The molecule has 0 spiro atoms. The fraction of sp³-hybridized carbons (Fsp3) is 0.667. The first-order chi connectivity index (χ1) is 3.38. The van der Waals surface area contributed by atoms with Crippen LogP contribution in [0.5, 0.6) is 0 Å². The van der Waals surface area contributed by atoms with E-state index in [1.54, 1.807) is 0 Å². The molecule has 0 heterocycles. The summed E-state index contributed by atoms with van der Waals surface area (Å²) in [5, 5.41) is 0.914. The van der Waals surface area contributed by atoms with E-state index in [0.29, 0.717) is 0 Å². The van der Waals surface area contributed by atoms with Crippen molar-refractivity contribution in [1.29, 1.82) is 0 Å². The van der Waals surface area contributed by atoms with Crippen LogP contribution in [0.1, 0.15) is 6.42 Å². The number of hydrogen-bond acceptors (Lipinski definition) is 1. The van der Waals surface area contributed by atoms with E-state index < -0.39 is 0 Å². The first-order valence-electron chi connectivity index (χ1n) is 2.54. The van der Waals surface area contributed by atoms with Crippen LogP contribution in [0.3, 0.4) is 0 Å². The fourth-order valence-electron chi connectivity index (χ4n) is 0.709. The summed E-state index contributed by atoms with van der Waals surface area (Å²) in [6.07, 6.45) is 5.58. The predicted octanol–water partition coefficient (Wildman–Crippen LogP) is 1.92. The van der Waals surface area contributed by atoms with Crippen molar-refractivity contribution >= 4 is 11.8 Å². The van der Waals surface area contributed by atoms with Gasteiger partial charge in [0.2, 0.25) is 0 Å². The molecule has 0 radical (unpaired) electrons. The van der Waals surface area contributed by atoms with Gasteiger partial charge in [0.15, 0.2) is 0 Å². The Labute approximate surface area is 49.0 Å². The summed E-state index contributed by atoms with van der Waals surface area (Å²) in [6, 6.07) is 0. The topological polar surface area (TPSA) is 0 Å². The zero-order valence-corrected chi connectivity index (χ0v) is 5.37. The molecule has 0 amide bonds. The Morgan fingerprint density at radius 3 is 2.71 bits per heavy atom. The van der Waals surface area contributed by atoms with Crippen LogP contribution in [0.2, 0.25) is 0 Å². The van der Waals surface area contributed by atoms with Gasteiger partial charge in [-0.3, -0.25) is 0 Å². The van der Waals surface area contributed by atoms with Gasteiger partial charge in [-0.1, -0.05) is 6.08 Å². The molecule has 1 rings (SSSR count). The molecule has 0 aromatic heterocycles. The third-order valence-electron chi connectivity index (χ3n) is 1.38. The normalized spacial score (nSPS) is 37.9. The van der Waals surface area contributed by atoms with Crippen LogP contribution < -0.4 is 0 Å². The van der Waals surface area contributed by atoms with E-state index in [0.717, 1.165) is 11.2 Å². The molecule has 0 aromatic carbocycles. The Kier molecular flexibility index (Phi) is 1.43. The highest BCUT2D eigenvalue weighted by Gasteiger charge is 2.32. The second kappa shape index (κ2) is 1.91. The van der Waals surface area contributed by atoms with Gasteiger partial charge in [-0.05, 0) is 18.6 Å². The molecule has 40 valence electrons. The highest BCUT2D eigenvalue weighted by Crippen LogP contribution is 2.40. The Morgan fingerprint density at radius 1 is 1.86 bits per heavy atom. The smallest absolute Gasteiger partial charge is 0.0113 e. The van der Waals surface area contributed by atoms with Gasteiger partial charge in [0.25, 0.3) is 0 Å². The summed E-state index contributed by atoms with van der Waals surface area (Å²) in [7, 11) is 0. The minimum atomic E-state index is 0.843. The lowest BCUT2D eigenvalue weighted by molar-refractivity contribution is 1.14. The van der Waals surface area contributed by atoms with E-state index in [1.165, 1.54) is 6.42 Å². The van der Waals surface area contributed by atoms with Gasteiger partial charge in [0, 0.05) is 5.25 Å². The summed E-state index contributed by atoms with van der Waals surface area (Å²) in [5.41, 5.74) is 0. The predicted molar refractivity (Wildman–Crippen MR) is 35.6 cm³/mol.